The van der Waals surface area contributed by atoms with Crippen molar-refractivity contribution in [1.29, 1.82) is 0 Å². The lowest BCUT2D eigenvalue weighted by Crippen LogP contribution is -2.49. The van der Waals surface area contributed by atoms with Crippen LogP contribution in [-0.2, 0) is 4.79 Å². The van der Waals surface area contributed by atoms with Gasteiger partial charge >= 0.3 is 0 Å². The quantitative estimate of drug-likeness (QED) is 0.521. The molecule has 0 aliphatic carbocycles. The number of hydrazine groups is 1. The Morgan fingerprint density at radius 1 is 1.08 bits per heavy atom. The van der Waals surface area contributed by atoms with Crippen LogP contribution in [0.3, 0.4) is 0 Å². The first kappa shape index (κ1) is 18.9. The zero-order valence-corrected chi connectivity index (χ0v) is 15.7. The molecule has 0 radical (unpaired) electrons. The Morgan fingerprint density at radius 2 is 1.76 bits per heavy atom. The molecule has 2 rings (SSSR count). The van der Waals surface area contributed by atoms with Crippen molar-refractivity contribution in [2.45, 2.75) is 6.92 Å². The highest BCUT2D eigenvalue weighted by atomic mass is 79.9. The molecular weight excluding hydrogens is 406 g/mol. The van der Waals surface area contributed by atoms with Crippen molar-refractivity contribution in [3.63, 3.8) is 0 Å². The molecular formula is C17H16BrN3O3S. The first-order chi connectivity index (χ1) is 12.0. The van der Waals surface area contributed by atoms with E-state index in [4.69, 9.17) is 17.0 Å². The molecule has 6 nitrogen and oxygen atoms in total. The summed E-state index contributed by atoms with van der Waals surface area (Å²) >= 11 is 8.27. The third-order valence-corrected chi connectivity index (χ3v) is 3.85. The summed E-state index contributed by atoms with van der Waals surface area (Å²) in [6.07, 6.45) is 0. The van der Waals surface area contributed by atoms with Crippen molar-refractivity contribution in [2.75, 3.05) is 6.61 Å². The van der Waals surface area contributed by atoms with Crippen molar-refractivity contribution >= 4 is 45.1 Å². The van der Waals surface area contributed by atoms with Crippen molar-refractivity contribution in [3.8, 4) is 5.75 Å². The zero-order valence-electron chi connectivity index (χ0n) is 13.3. The molecule has 25 heavy (non-hydrogen) atoms. The molecule has 0 spiro atoms. The van der Waals surface area contributed by atoms with Crippen LogP contribution in [0, 0.1) is 6.92 Å². The van der Waals surface area contributed by atoms with E-state index in [0.717, 1.165) is 10.0 Å². The second-order valence-corrected chi connectivity index (χ2v) is 6.34. The smallest absolute Gasteiger partial charge is 0.269 e. The number of halogens is 1. The highest BCUT2D eigenvalue weighted by Gasteiger charge is 2.10. The SMILES string of the molecule is Cc1ccccc1C(=O)NNC(=S)NC(=O)COc1ccc(Br)cc1. The number of aryl methyl sites for hydroxylation is 1. The van der Waals surface area contributed by atoms with Crippen molar-refractivity contribution in [2.24, 2.45) is 0 Å². The van der Waals surface area contributed by atoms with E-state index in [9.17, 15) is 9.59 Å². The Hall–Kier alpha value is -2.45. The van der Waals surface area contributed by atoms with Gasteiger partial charge in [-0.25, -0.2) is 0 Å². The summed E-state index contributed by atoms with van der Waals surface area (Å²) in [5.41, 5.74) is 6.27. The van der Waals surface area contributed by atoms with Gasteiger partial charge in [0.1, 0.15) is 5.75 Å². The van der Waals surface area contributed by atoms with E-state index >= 15 is 0 Å². The van der Waals surface area contributed by atoms with E-state index in [1.54, 1.807) is 36.4 Å². The van der Waals surface area contributed by atoms with Crippen LogP contribution in [0.5, 0.6) is 5.75 Å². The van der Waals surface area contributed by atoms with Gasteiger partial charge in [-0.15, -0.1) is 0 Å². The van der Waals surface area contributed by atoms with Crippen molar-refractivity contribution < 1.29 is 14.3 Å². The topological polar surface area (TPSA) is 79.5 Å². The number of carbonyl (C=O) groups is 2. The van der Waals surface area contributed by atoms with Crippen molar-refractivity contribution in [1.82, 2.24) is 16.2 Å². The minimum absolute atomic E-state index is 0.0219. The minimum Gasteiger partial charge on any atom is -0.484 e. The average molecular weight is 422 g/mol. The summed E-state index contributed by atoms with van der Waals surface area (Å²) in [7, 11) is 0. The van der Waals surface area contributed by atoms with Crippen LogP contribution in [0.1, 0.15) is 15.9 Å². The highest BCUT2D eigenvalue weighted by Crippen LogP contribution is 2.15. The van der Waals surface area contributed by atoms with Gasteiger partial charge < -0.3 is 4.74 Å². The summed E-state index contributed by atoms with van der Waals surface area (Å²) in [6, 6.07) is 14.2. The standard InChI is InChI=1S/C17H16BrN3O3S/c1-11-4-2-3-5-14(11)16(23)20-21-17(25)19-15(22)10-24-13-8-6-12(18)7-9-13/h2-9H,10H2,1H3,(H,20,23)(H2,19,21,22,25). The number of thiocarbonyl (C=S) groups is 1. The summed E-state index contributed by atoms with van der Waals surface area (Å²) < 4.78 is 6.24. The molecule has 0 heterocycles. The van der Waals surface area contributed by atoms with Gasteiger partial charge in [0.05, 0.1) is 0 Å². The first-order valence-corrected chi connectivity index (χ1v) is 8.50. The van der Waals surface area contributed by atoms with E-state index in [0.29, 0.717) is 11.3 Å². The molecule has 0 unspecified atom stereocenters. The van der Waals surface area contributed by atoms with Gasteiger partial charge in [0, 0.05) is 10.0 Å². The Labute approximate surface area is 159 Å². The number of hydrogen-bond donors (Lipinski definition) is 3. The predicted octanol–water partition coefficient (Wildman–Crippen LogP) is 2.47. The maximum atomic E-state index is 12.0. The van der Waals surface area contributed by atoms with E-state index in [2.05, 4.69) is 32.1 Å². The molecule has 2 aromatic carbocycles. The fourth-order valence-electron chi connectivity index (χ4n) is 1.88. The Bertz CT molecular complexity index is 781. The number of hydrogen-bond acceptors (Lipinski definition) is 4. The lowest BCUT2D eigenvalue weighted by atomic mass is 10.1. The van der Waals surface area contributed by atoms with Crippen LogP contribution in [0.2, 0.25) is 0 Å². The van der Waals surface area contributed by atoms with E-state index < -0.39 is 5.91 Å². The maximum absolute atomic E-state index is 12.0. The van der Waals surface area contributed by atoms with Gasteiger partial charge in [-0.05, 0) is 55.0 Å². The number of nitrogens with one attached hydrogen (secondary N) is 3. The number of carbonyl (C=O) groups excluding carboxylic acids is 2. The molecule has 0 atom stereocenters. The molecule has 0 saturated carbocycles. The Balaban J connectivity index is 1.74. The van der Waals surface area contributed by atoms with Gasteiger partial charge in [0.25, 0.3) is 11.8 Å². The lowest BCUT2D eigenvalue weighted by Gasteiger charge is -2.12. The Morgan fingerprint density at radius 3 is 2.44 bits per heavy atom. The third kappa shape index (κ3) is 6.17. The average Bonchev–Trinajstić information content (AvgIpc) is 2.59. The summed E-state index contributed by atoms with van der Waals surface area (Å²) in [4.78, 5) is 23.8. The summed E-state index contributed by atoms with van der Waals surface area (Å²) in [5, 5.41) is 2.39. The number of ether oxygens (including phenoxy) is 1. The van der Waals surface area contributed by atoms with E-state index in [1.807, 2.05) is 19.1 Å². The molecule has 0 aromatic heterocycles. The third-order valence-electron chi connectivity index (χ3n) is 3.12. The molecule has 0 bridgehead atoms. The second kappa shape index (κ2) is 9.14. The maximum Gasteiger partial charge on any atom is 0.269 e. The minimum atomic E-state index is -0.439. The van der Waals surface area contributed by atoms with Crippen LogP contribution in [-0.4, -0.2) is 23.5 Å². The van der Waals surface area contributed by atoms with Gasteiger partial charge in [-0.2, -0.15) is 0 Å². The highest BCUT2D eigenvalue weighted by molar-refractivity contribution is 9.10. The van der Waals surface area contributed by atoms with Gasteiger partial charge in [-0.3, -0.25) is 25.8 Å². The number of benzene rings is 2. The monoisotopic (exact) mass is 421 g/mol. The fraction of sp³-hybridized carbons (Fsp3) is 0.118. The molecule has 0 saturated heterocycles. The van der Waals surface area contributed by atoms with E-state index in [1.165, 1.54) is 0 Å². The molecule has 2 amide bonds. The van der Waals surface area contributed by atoms with Gasteiger partial charge in [-0.1, -0.05) is 34.1 Å². The lowest BCUT2D eigenvalue weighted by molar-refractivity contribution is -0.121. The first-order valence-electron chi connectivity index (χ1n) is 7.30. The van der Waals surface area contributed by atoms with Gasteiger partial charge in [0.2, 0.25) is 0 Å². The fourth-order valence-corrected chi connectivity index (χ4v) is 2.31. The second-order valence-electron chi connectivity index (χ2n) is 5.01. The van der Waals surface area contributed by atoms with Crippen molar-refractivity contribution in [3.05, 3.63) is 64.1 Å². The zero-order chi connectivity index (χ0) is 18.2. The van der Waals surface area contributed by atoms with Crippen LogP contribution in [0.25, 0.3) is 0 Å². The Kier molecular flexibility index (Phi) is 6.91. The summed E-state index contributed by atoms with van der Waals surface area (Å²) in [5.74, 6) is -0.226. The van der Waals surface area contributed by atoms with Crippen LogP contribution < -0.4 is 20.9 Å². The number of amides is 2. The molecule has 2 aromatic rings. The number of rotatable bonds is 4. The molecule has 8 heteroatoms. The molecule has 0 aliphatic rings. The normalized spacial score (nSPS) is 9.84. The van der Waals surface area contributed by atoms with Gasteiger partial charge in [0.15, 0.2) is 11.7 Å². The van der Waals surface area contributed by atoms with Crippen LogP contribution in [0.4, 0.5) is 0 Å². The largest absolute Gasteiger partial charge is 0.484 e. The molecule has 3 N–H and O–H groups in total. The molecule has 0 fully saturated rings. The molecule has 0 aliphatic heterocycles. The molecule has 130 valence electrons. The van der Waals surface area contributed by atoms with E-state index in [-0.39, 0.29) is 17.6 Å². The van der Waals surface area contributed by atoms with Crippen LogP contribution >= 0.6 is 28.1 Å². The summed E-state index contributed by atoms with van der Waals surface area (Å²) in [6.45, 7) is 1.63. The predicted molar refractivity (Wildman–Crippen MR) is 102 cm³/mol. The van der Waals surface area contributed by atoms with Crippen LogP contribution in [0.15, 0.2) is 53.0 Å².